The van der Waals surface area contributed by atoms with Crippen molar-refractivity contribution in [2.24, 2.45) is 0 Å². The summed E-state index contributed by atoms with van der Waals surface area (Å²) in [6, 6.07) is 13.1. The molecule has 1 amide bonds. The topological polar surface area (TPSA) is 66.5 Å². The first-order valence-electron chi connectivity index (χ1n) is 6.40. The van der Waals surface area contributed by atoms with Crippen LogP contribution in [0.5, 0.6) is 0 Å². The van der Waals surface area contributed by atoms with Crippen LogP contribution in [0.4, 0.5) is 5.69 Å². The molecule has 0 saturated heterocycles. The average Bonchev–Trinajstić information content (AvgIpc) is 2.47. The number of sulfonamides is 1. The molecule has 0 aliphatic heterocycles. The SMILES string of the molecule is CN(C)S(=O)(=O)c1cccc(C(=O)Nc2cccc(Br)c2)c1. The van der Waals surface area contributed by atoms with Gasteiger partial charge < -0.3 is 5.32 Å². The van der Waals surface area contributed by atoms with Gasteiger partial charge in [0.1, 0.15) is 0 Å². The normalized spacial score (nSPS) is 11.5. The van der Waals surface area contributed by atoms with E-state index >= 15 is 0 Å². The maximum absolute atomic E-state index is 12.2. The lowest BCUT2D eigenvalue weighted by molar-refractivity contribution is 0.102. The summed E-state index contributed by atoms with van der Waals surface area (Å²) in [6.45, 7) is 0. The Kier molecular flexibility index (Phi) is 5.00. The zero-order valence-corrected chi connectivity index (χ0v) is 14.5. The van der Waals surface area contributed by atoms with Crippen molar-refractivity contribution < 1.29 is 13.2 Å². The lowest BCUT2D eigenvalue weighted by Gasteiger charge is -2.12. The van der Waals surface area contributed by atoms with E-state index in [4.69, 9.17) is 0 Å². The molecule has 22 heavy (non-hydrogen) atoms. The zero-order chi connectivity index (χ0) is 16.3. The smallest absolute Gasteiger partial charge is 0.255 e. The Morgan fingerprint density at radius 3 is 2.41 bits per heavy atom. The molecule has 1 N–H and O–H groups in total. The first kappa shape index (κ1) is 16.7. The van der Waals surface area contributed by atoms with Crippen LogP contribution in [0.3, 0.4) is 0 Å². The first-order chi connectivity index (χ1) is 10.3. The van der Waals surface area contributed by atoms with Crippen LogP contribution in [0.1, 0.15) is 10.4 Å². The summed E-state index contributed by atoms with van der Waals surface area (Å²) in [4.78, 5) is 12.3. The van der Waals surface area contributed by atoms with Crippen LogP contribution in [0.15, 0.2) is 57.9 Å². The number of hydrogen-bond acceptors (Lipinski definition) is 3. The van der Waals surface area contributed by atoms with Crippen molar-refractivity contribution in [2.75, 3.05) is 19.4 Å². The number of rotatable bonds is 4. The third-order valence-electron chi connectivity index (χ3n) is 2.96. The van der Waals surface area contributed by atoms with E-state index < -0.39 is 10.0 Å². The second kappa shape index (κ2) is 6.60. The largest absolute Gasteiger partial charge is 0.322 e. The van der Waals surface area contributed by atoms with Gasteiger partial charge in [0.25, 0.3) is 5.91 Å². The molecule has 0 fully saturated rings. The molecule has 5 nitrogen and oxygen atoms in total. The van der Waals surface area contributed by atoms with Gasteiger partial charge in [-0.3, -0.25) is 4.79 Å². The van der Waals surface area contributed by atoms with Crippen LogP contribution >= 0.6 is 15.9 Å². The third-order valence-corrected chi connectivity index (χ3v) is 5.26. The molecule has 0 saturated carbocycles. The van der Waals surface area contributed by atoms with E-state index in [0.717, 1.165) is 8.78 Å². The number of carbonyl (C=O) groups is 1. The number of nitrogens with one attached hydrogen (secondary N) is 1. The van der Waals surface area contributed by atoms with Gasteiger partial charge in [-0.2, -0.15) is 0 Å². The molecular weight excluding hydrogens is 368 g/mol. The average molecular weight is 383 g/mol. The number of anilines is 1. The van der Waals surface area contributed by atoms with Gasteiger partial charge in [0, 0.05) is 29.8 Å². The molecule has 7 heteroatoms. The lowest BCUT2D eigenvalue weighted by atomic mass is 10.2. The summed E-state index contributed by atoms with van der Waals surface area (Å²) < 4.78 is 26.1. The van der Waals surface area contributed by atoms with E-state index in [1.807, 2.05) is 6.07 Å². The molecule has 0 radical (unpaired) electrons. The summed E-state index contributed by atoms with van der Waals surface area (Å²) in [7, 11) is -0.671. The molecule has 0 spiro atoms. The van der Waals surface area contributed by atoms with Crippen molar-refractivity contribution in [3.05, 3.63) is 58.6 Å². The van der Waals surface area contributed by atoms with Gasteiger partial charge in [-0.25, -0.2) is 12.7 Å². The minimum Gasteiger partial charge on any atom is -0.322 e. The third kappa shape index (κ3) is 3.73. The molecule has 0 bridgehead atoms. The van der Waals surface area contributed by atoms with Gasteiger partial charge in [0.2, 0.25) is 10.0 Å². The summed E-state index contributed by atoms with van der Waals surface area (Å²) in [5, 5.41) is 2.73. The Bertz CT molecular complexity index is 804. The maximum Gasteiger partial charge on any atom is 0.255 e. The predicted molar refractivity (Wildman–Crippen MR) is 89.4 cm³/mol. The number of carbonyl (C=O) groups excluding carboxylic acids is 1. The summed E-state index contributed by atoms with van der Waals surface area (Å²) in [5.74, 6) is -0.367. The fourth-order valence-electron chi connectivity index (χ4n) is 1.78. The standard InChI is InChI=1S/C15H15BrN2O3S/c1-18(2)22(20,21)14-8-3-5-11(9-14)15(19)17-13-7-4-6-12(16)10-13/h3-10H,1-2H3,(H,17,19). The monoisotopic (exact) mass is 382 g/mol. The van der Waals surface area contributed by atoms with E-state index in [1.54, 1.807) is 30.3 Å². The van der Waals surface area contributed by atoms with Gasteiger partial charge in [0.15, 0.2) is 0 Å². The number of hydrogen-bond donors (Lipinski definition) is 1. The molecule has 2 rings (SSSR count). The Morgan fingerprint density at radius 2 is 1.77 bits per heavy atom. The Labute approximate surface area is 138 Å². The van der Waals surface area contributed by atoms with E-state index in [0.29, 0.717) is 5.69 Å². The fourth-order valence-corrected chi connectivity index (χ4v) is 3.13. The number of benzene rings is 2. The molecule has 2 aromatic carbocycles. The van der Waals surface area contributed by atoms with Gasteiger partial charge >= 0.3 is 0 Å². The molecule has 0 unspecified atom stereocenters. The molecule has 2 aromatic rings. The molecule has 0 aliphatic rings. The van der Waals surface area contributed by atoms with Crippen LogP contribution in [-0.4, -0.2) is 32.7 Å². The van der Waals surface area contributed by atoms with Crippen molar-refractivity contribution in [1.82, 2.24) is 4.31 Å². The molecule has 116 valence electrons. The minimum absolute atomic E-state index is 0.0828. The van der Waals surface area contributed by atoms with Gasteiger partial charge in [0.05, 0.1) is 4.90 Å². The second-order valence-electron chi connectivity index (χ2n) is 4.78. The highest BCUT2D eigenvalue weighted by Gasteiger charge is 2.18. The fraction of sp³-hybridized carbons (Fsp3) is 0.133. The van der Waals surface area contributed by atoms with Crippen LogP contribution in [0.2, 0.25) is 0 Å². The number of halogens is 1. The quantitative estimate of drug-likeness (QED) is 0.883. The molecular formula is C15H15BrN2O3S. The Morgan fingerprint density at radius 1 is 1.09 bits per heavy atom. The molecule has 0 aromatic heterocycles. The zero-order valence-electron chi connectivity index (χ0n) is 12.1. The van der Waals surface area contributed by atoms with E-state index in [2.05, 4.69) is 21.2 Å². The van der Waals surface area contributed by atoms with Gasteiger partial charge in [-0.1, -0.05) is 28.1 Å². The first-order valence-corrected chi connectivity index (χ1v) is 8.63. The summed E-state index contributed by atoms with van der Waals surface area (Å²) in [5.41, 5.74) is 0.906. The molecule has 0 atom stereocenters. The van der Waals surface area contributed by atoms with Crippen LogP contribution in [-0.2, 0) is 10.0 Å². The van der Waals surface area contributed by atoms with Crippen molar-refractivity contribution in [3.8, 4) is 0 Å². The molecule has 0 heterocycles. The van der Waals surface area contributed by atoms with E-state index in [-0.39, 0.29) is 16.4 Å². The Hall–Kier alpha value is -1.70. The van der Waals surface area contributed by atoms with E-state index in [9.17, 15) is 13.2 Å². The van der Waals surface area contributed by atoms with E-state index in [1.165, 1.54) is 26.2 Å². The Balaban J connectivity index is 2.28. The highest BCUT2D eigenvalue weighted by atomic mass is 79.9. The molecule has 0 aliphatic carbocycles. The van der Waals surface area contributed by atoms with Crippen LogP contribution in [0.25, 0.3) is 0 Å². The summed E-state index contributed by atoms with van der Waals surface area (Å²) >= 11 is 3.33. The number of amides is 1. The van der Waals surface area contributed by atoms with Gasteiger partial charge in [-0.15, -0.1) is 0 Å². The summed E-state index contributed by atoms with van der Waals surface area (Å²) in [6.07, 6.45) is 0. The highest BCUT2D eigenvalue weighted by Crippen LogP contribution is 2.18. The van der Waals surface area contributed by atoms with Crippen molar-refractivity contribution >= 4 is 37.5 Å². The van der Waals surface area contributed by atoms with Crippen LogP contribution in [0, 0.1) is 0 Å². The lowest BCUT2D eigenvalue weighted by Crippen LogP contribution is -2.22. The van der Waals surface area contributed by atoms with Crippen molar-refractivity contribution in [2.45, 2.75) is 4.90 Å². The van der Waals surface area contributed by atoms with Crippen molar-refractivity contribution in [3.63, 3.8) is 0 Å². The second-order valence-corrected chi connectivity index (χ2v) is 7.85. The predicted octanol–water partition coefficient (Wildman–Crippen LogP) is 2.95. The number of nitrogens with zero attached hydrogens (tertiary/aromatic N) is 1. The minimum atomic E-state index is -3.57. The van der Waals surface area contributed by atoms with Crippen molar-refractivity contribution in [1.29, 1.82) is 0 Å². The van der Waals surface area contributed by atoms with Gasteiger partial charge in [-0.05, 0) is 36.4 Å². The maximum atomic E-state index is 12.2. The van der Waals surface area contributed by atoms with Crippen LogP contribution < -0.4 is 5.32 Å². The highest BCUT2D eigenvalue weighted by molar-refractivity contribution is 9.10.